The lowest BCUT2D eigenvalue weighted by atomic mass is 10.1. The molecule has 0 spiro atoms. The number of nitrogens with zero attached hydrogens (tertiary/aromatic N) is 2. The van der Waals surface area contributed by atoms with Crippen LogP contribution in [-0.4, -0.2) is 60.4 Å². The van der Waals surface area contributed by atoms with Crippen molar-refractivity contribution < 1.29 is 19.4 Å². The van der Waals surface area contributed by atoms with Gasteiger partial charge < -0.3 is 14.6 Å². The first kappa shape index (κ1) is 15.7. The third kappa shape index (κ3) is 4.18. The van der Waals surface area contributed by atoms with E-state index in [9.17, 15) is 4.79 Å². The average molecular weight is 316 g/mol. The molecule has 1 fully saturated rings. The minimum atomic E-state index is -0.935. The molecule has 23 heavy (non-hydrogen) atoms. The van der Waals surface area contributed by atoms with Crippen LogP contribution >= 0.6 is 0 Å². The molecule has 1 saturated heterocycles. The van der Waals surface area contributed by atoms with Gasteiger partial charge in [0.2, 0.25) is 5.88 Å². The third-order valence-electron chi connectivity index (χ3n) is 3.88. The number of carboxylic acid groups (broad SMARTS) is 1. The molecule has 2 heterocycles. The molecule has 0 aliphatic carbocycles. The van der Waals surface area contributed by atoms with Crippen LogP contribution in [0.5, 0.6) is 5.88 Å². The Hall–Kier alpha value is -2.18. The van der Waals surface area contributed by atoms with E-state index in [1.807, 2.05) is 6.07 Å². The Balaban J connectivity index is 1.53. The largest absolute Gasteiger partial charge is 0.478 e. The predicted molar refractivity (Wildman–Crippen MR) is 86.1 cm³/mol. The van der Waals surface area contributed by atoms with Crippen LogP contribution in [0, 0.1) is 0 Å². The van der Waals surface area contributed by atoms with E-state index in [1.54, 1.807) is 24.3 Å². The maximum absolute atomic E-state index is 11.0. The topological polar surface area (TPSA) is 71.9 Å². The number of aromatic carboxylic acids is 1. The second kappa shape index (κ2) is 7.39. The zero-order valence-corrected chi connectivity index (χ0v) is 12.9. The van der Waals surface area contributed by atoms with Gasteiger partial charge in [-0.3, -0.25) is 4.90 Å². The molecular weight excluding hydrogens is 296 g/mol. The Kier molecular flexibility index (Phi) is 5.05. The molecule has 0 bridgehead atoms. The van der Waals surface area contributed by atoms with Crippen LogP contribution < -0.4 is 4.74 Å². The lowest BCUT2D eigenvalue weighted by Crippen LogP contribution is -2.37. The summed E-state index contributed by atoms with van der Waals surface area (Å²) in [5.41, 5.74) is 0.999. The van der Waals surface area contributed by atoms with Crippen molar-refractivity contribution in [3.05, 3.63) is 35.9 Å². The van der Waals surface area contributed by atoms with Crippen molar-refractivity contribution in [2.45, 2.75) is 6.42 Å². The summed E-state index contributed by atoms with van der Waals surface area (Å²) in [6, 6.07) is 8.50. The number of benzene rings is 1. The maximum atomic E-state index is 11.0. The number of rotatable bonds is 6. The van der Waals surface area contributed by atoms with E-state index >= 15 is 0 Å². The summed E-state index contributed by atoms with van der Waals surface area (Å²) in [7, 11) is 0. The van der Waals surface area contributed by atoms with E-state index in [4.69, 9.17) is 14.6 Å². The number of ether oxygens (including phenoxy) is 2. The third-order valence-corrected chi connectivity index (χ3v) is 3.88. The summed E-state index contributed by atoms with van der Waals surface area (Å²) in [6.07, 6.45) is 0.942. The normalized spacial score (nSPS) is 15.7. The summed E-state index contributed by atoms with van der Waals surface area (Å²) in [4.78, 5) is 17.7. The molecule has 6 heteroatoms. The van der Waals surface area contributed by atoms with Gasteiger partial charge in [-0.2, -0.15) is 0 Å². The highest BCUT2D eigenvalue weighted by Gasteiger charge is 2.09. The molecule has 1 aliphatic rings. The Morgan fingerprint density at radius 3 is 2.87 bits per heavy atom. The number of aromatic nitrogens is 1. The minimum absolute atomic E-state index is 0.262. The Morgan fingerprint density at radius 1 is 1.26 bits per heavy atom. The van der Waals surface area contributed by atoms with E-state index in [1.165, 1.54) is 0 Å². The van der Waals surface area contributed by atoms with E-state index in [0.717, 1.165) is 50.2 Å². The van der Waals surface area contributed by atoms with Gasteiger partial charge in [0.15, 0.2) is 0 Å². The summed E-state index contributed by atoms with van der Waals surface area (Å²) in [5, 5.41) is 9.79. The van der Waals surface area contributed by atoms with Crippen LogP contribution in [0.15, 0.2) is 30.3 Å². The van der Waals surface area contributed by atoms with E-state index in [2.05, 4.69) is 9.88 Å². The molecule has 122 valence electrons. The first-order valence-electron chi connectivity index (χ1n) is 7.79. The van der Waals surface area contributed by atoms with Crippen molar-refractivity contribution in [3.8, 4) is 5.88 Å². The monoisotopic (exact) mass is 316 g/mol. The standard InChI is InChI=1S/C17H20N2O4/c20-17(21)14-2-4-15-13(12-14)3-5-16(18-15)23-9-1-6-19-7-10-22-11-8-19/h2-5,12H,1,6-11H2,(H,20,21). The molecular formula is C17H20N2O4. The lowest BCUT2D eigenvalue weighted by molar-refractivity contribution is 0.0357. The molecule has 0 unspecified atom stereocenters. The van der Waals surface area contributed by atoms with Crippen LogP contribution in [0.25, 0.3) is 10.9 Å². The van der Waals surface area contributed by atoms with Crippen LogP contribution in [0.1, 0.15) is 16.8 Å². The zero-order valence-electron chi connectivity index (χ0n) is 12.9. The van der Waals surface area contributed by atoms with Gasteiger partial charge in [0.05, 0.1) is 30.9 Å². The highest BCUT2D eigenvalue weighted by Crippen LogP contribution is 2.18. The number of hydrogen-bond donors (Lipinski definition) is 1. The van der Waals surface area contributed by atoms with E-state index in [0.29, 0.717) is 12.5 Å². The van der Waals surface area contributed by atoms with Gasteiger partial charge in [-0.25, -0.2) is 9.78 Å². The van der Waals surface area contributed by atoms with Crippen molar-refractivity contribution in [1.82, 2.24) is 9.88 Å². The van der Waals surface area contributed by atoms with Gasteiger partial charge in [-0.05, 0) is 30.7 Å². The molecule has 1 N–H and O–H groups in total. The molecule has 1 aromatic carbocycles. The van der Waals surface area contributed by atoms with Crippen LogP contribution in [0.2, 0.25) is 0 Å². The van der Waals surface area contributed by atoms with Crippen molar-refractivity contribution in [3.63, 3.8) is 0 Å². The predicted octanol–water partition coefficient (Wildman–Crippen LogP) is 2.03. The minimum Gasteiger partial charge on any atom is -0.478 e. The van der Waals surface area contributed by atoms with Gasteiger partial charge in [0.1, 0.15) is 0 Å². The van der Waals surface area contributed by atoms with Gasteiger partial charge >= 0.3 is 5.97 Å². The SMILES string of the molecule is O=C(O)c1ccc2nc(OCCCN3CCOCC3)ccc2c1. The fourth-order valence-corrected chi connectivity index (χ4v) is 2.61. The van der Waals surface area contributed by atoms with Crippen molar-refractivity contribution in [2.75, 3.05) is 39.5 Å². The molecule has 0 radical (unpaired) electrons. The highest BCUT2D eigenvalue weighted by molar-refractivity contribution is 5.93. The van der Waals surface area contributed by atoms with Crippen molar-refractivity contribution in [2.24, 2.45) is 0 Å². The summed E-state index contributed by atoms with van der Waals surface area (Å²) in [6.45, 7) is 5.21. The molecule has 0 atom stereocenters. The van der Waals surface area contributed by atoms with Crippen LogP contribution in [-0.2, 0) is 4.74 Å². The number of carbonyl (C=O) groups is 1. The average Bonchev–Trinajstić information content (AvgIpc) is 2.59. The smallest absolute Gasteiger partial charge is 0.335 e. The van der Waals surface area contributed by atoms with Gasteiger partial charge in [-0.1, -0.05) is 0 Å². The molecule has 3 rings (SSSR count). The van der Waals surface area contributed by atoms with Crippen LogP contribution in [0.3, 0.4) is 0 Å². The van der Waals surface area contributed by atoms with E-state index in [-0.39, 0.29) is 5.56 Å². The van der Waals surface area contributed by atoms with E-state index < -0.39 is 5.97 Å². The molecule has 1 aliphatic heterocycles. The van der Waals surface area contributed by atoms with Gasteiger partial charge in [0, 0.05) is 31.1 Å². The second-order valence-electron chi connectivity index (χ2n) is 5.52. The lowest BCUT2D eigenvalue weighted by Gasteiger charge is -2.26. The molecule has 0 amide bonds. The first-order valence-corrected chi connectivity index (χ1v) is 7.79. The quantitative estimate of drug-likeness (QED) is 0.822. The molecule has 0 saturated carbocycles. The number of carboxylic acids is 1. The zero-order chi connectivity index (χ0) is 16.1. The molecule has 6 nitrogen and oxygen atoms in total. The number of morpholine rings is 1. The fraction of sp³-hybridized carbons (Fsp3) is 0.412. The fourth-order valence-electron chi connectivity index (χ4n) is 2.61. The highest BCUT2D eigenvalue weighted by atomic mass is 16.5. The number of fused-ring (bicyclic) bond motifs is 1. The van der Waals surface area contributed by atoms with Gasteiger partial charge in [-0.15, -0.1) is 0 Å². The van der Waals surface area contributed by atoms with Gasteiger partial charge in [0.25, 0.3) is 0 Å². The number of pyridine rings is 1. The Labute approximate surface area is 134 Å². The summed E-state index contributed by atoms with van der Waals surface area (Å²) < 4.78 is 11.0. The Bertz CT molecular complexity index is 683. The van der Waals surface area contributed by atoms with Crippen molar-refractivity contribution in [1.29, 1.82) is 0 Å². The second-order valence-corrected chi connectivity index (χ2v) is 5.52. The molecule has 2 aromatic rings. The maximum Gasteiger partial charge on any atom is 0.335 e. The summed E-state index contributed by atoms with van der Waals surface area (Å²) >= 11 is 0. The number of hydrogen-bond acceptors (Lipinski definition) is 5. The summed E-state index contributed by atoms with van der Waals surface area (Å²) in [5.74, 6) is -0.363. The first-order chi connectivity index (χ1) is 11.2. The molecule has 1 aromatic heterocycles. The van der Waals surface area contributed by atoms with Crippen LogP contribution in [0.4, 0.5) is 0 Å². The van der Waals surface area contributed by atoms with Crippen molar-refractivity contribution >= 4 is 16.9 Å². The Morgan fingerprint density at radius 2 is 2.09 bits per heavy atom.